The molecule has 0 aliphatic carbocycles. The van der Waals surface area contributed by atoms with Crippen molar-refractivity contribution in [1.29, 1.82) is 0 Å². The number of aliphatic carboxylic acids is 1. The summed E-state index contributed by atoms with van der Waals surface area (Å²) < 4.78 is 57.4. The van der Waals surface area contributed by atoms with Crippen molar-refractivity contribution in [3.63, 3.8) is 0 Å². The molecule has 192 valence electrons. The molecule has 2 aliphatic heterocycles. The molecule has 4 rings (SSSR count). The van der Waals surface area contributed by atoms with Crippen molar-refractivity contribution in [3.05, 3.63) is 70.3 Å². The number of nitrogens with zero attached hydrogens (tertiary/aromatic N) is 1. The minimum atomic E-state index is -4.53. The summed E-state index contributed by atoms with van der Waals surface area (Å²) in [5.74, 6) is 0.0670. The number of rotatable bonds is 8. The highest BCUT2D eigenvalue weighted by atomic mass is 19.4. The van der Waals surface area contributed by atoms with E-state index in [-0.39, 0.29) is 18.5 Å². The molecule has 0 aromatic heterocycles. The van der Waals surface area contributed by atoms with Gasteiger partial charge in [0.05, 0.1) is 11.7 Å². The zero-order valence-corrected chi connectivity index (χ0v) is 20.1. The summed E-state index contributed by atoms with van der Waals surface area (Å²) in [5.41, 5.74) is 1.96. The third-order valence-electron chi connectivity index (χ3n) is 5.87. The number of alkyl halides is 3. The Morgan fingerprint density at radius 2 is 2.00 bits per heavy atom. The summed E-state index contributed by atoms with van der Waals surface area (Å²) in [6, 6.07) is 9.27. The molecular formula is C27H28F3NO5. The topological polar surface area (TPSA) is 68.2 Å². The summed E-state index contributed by atoms with van der Waals surface area (Å²) >= 11 is 0. The van der Waals surface area contributed by atoms with E-state index >= 15 is 0 Å². The number of carboxylic acids is 1. The van der Waals surface area contributed by atoms with E-state index in [1.165, 1.54) is 6.07 Å². The van der Waals surface area contributed by atoms with E-state index in [9.17, 15) is 18.0 Å². The first kappa shape index (κ1) is 25.6. The van der Waals surface area contributed by atoms with Crippen LogP contribution >= 0.6 is 0 Å². The predicted molar refractivity (Wildman–Crippen MR) is 128 cm³/mol. The van der Waals surface area contributed by atoms with E-state index in [4.69, 9.17) is 19.3 Å². The Kier molecular flexibility index (Phi) is 7.59. The lowest BCUT2D eigenvalue weighted by Gasteiger charge is -2.27. The largest absolute Gasteiger partial charge is 0.490 e. The monoisotopic (exact) mass is 503 g/mol. The van der Waals surface area contributed by atoms with Gasteiger partial charge >= 0.3 is 12.1 Å². The number of ether oxygens (including phenoxy) is 3. The van der Waals surface area contributed by atoms with Gasteiger partial charge < -0.3 is 19.3 Å². The molecule has 0 saturated heterocycles. The molecule has 0 radical (unpaired) electrons. The maximum absolute atomic E-state index is 13.5. The molecule has 2 aromatic rings. The van der Waals surface area contributed by atoms with Gasteiger partial charge in [-0.2, -0.15) is 13.2 Å². The Morgan fingerprint density at radius 1 is 1.19 bits per heavy atom. The second-order valence-electron chi connectivity index (χ2n) is 9.09. The number of halogens is 3. The molecule has 0 saturated carbocycles. The van der Waals surface area contributed by atoms with Gasteiger partial charge in [0.25, 0.3) is 0 Å². The van der Waals surface area contributed by atoms with E-state index in [0.29, 0.717) is 55.3 Å². The van der Waals surface area contributed by atoms with Gasteiger partial charge in [-0.05, 0) is 61.7 Å². The molecule has 1 N–H and O–H groups in total. The lowest BCUT2D eigenvalue weighted by molar-refractivity contribution is -0.139. The third kappa shape index (κ3) is 6.40. The van der Waals surface area contributed by atoms with E-state index in [1.807, 2.05) is 12.1 Å². The molecule has 36 heavy (non-hydrogen) atoms. The highest BCUT2D eigenvalue weighted by Crippen LogP contribution is 2.38. The lowest BCUT2D eigenvalue weighted by Crippen LogP contribution is -2.33. The summed E-state index contributed by atoms with van der Waals surface area (Å²) in [7, 11) is 0. The minimum Gasteiger partial charge on any atom is -0.490 e. The van der Waals surface area contributed by atoms with Gasteiger partial charge in [0.1, 0.15) is 30.5 Å². The number of hydrogen-bond acceptors (Lipinski definition) is 5. The summed E-state index contributed by atoms with van der Waals surface area (Å²) in [6.45, 7) is 5.65. The number of carboxylic acid groups (broad SMARTS) is 1. The van der Waals surface area contributed by atoms with Crippen LogP contribution in [-0.2, 0) is 17.6 Å². The van der Waals surface area contributed by atoms with Crippen molar-refractivity contribution < 1.29 is 37.3 Å². The summed E-state index contributed by atoms with van der Waals surface area (Å²) in [4.78, 5) is 13.2. The number of fused-ring (bicyclic) bond motifs is 1. The van der Waals surface area contributed by atoms with E-state index in [0.717, 1.165) is 17.2 Å². The Bertz CT molecular complexity index is 1190. The molecule has 9 heteroatoms. The number of benzene rings is 2. The van der Waals surface area contributed by atoms with Gasteiger partial charge in [-0.15, -0.1) is 0 Å². The quantitative estimate of drug-likeness (QED) is 0.509. The van der Waals surface area contributed by atoms with Gasteiger partial charge in [-0.1, -0.05) is 12.1 Å². The molecule has 0 unspecified atom stereocenters. The fourth-order valence-corrected chi connectivity index (χ4v) is 4.12. The number of hydrogen-bond donors (Lipinski definition) is 1. The van der Waals surface area contributed by atoms with Crippen LogP contribution in [0.15, 0.2) is 53.6 Å². The van der Waals surface area contributed by atoms with Crippen molar-refractivity contribution in [3.8, 4) is 17.2 Å². The van der Waals surface area contributed by atoms with Gasteiger partial charge in [-0.25, -0.2) is 4.79 Å². The molecule has 2 aliphatic rings. The van der Waals surface area contributed by atoms with Crippen LogP contribution in [0.25, 0.3) is 6.08 Å². The van der Waals surface area contributed by atoms with E-state index in [1.54, 1.807) is 38.1 Å². The third-order valence-corrected chi connectivity index (χ3v) is 5.87. The highest BCUT2D eigenvalue weighted by molar-refractivity contribution is 5.86. The standard InChI is InChI=1S/C27H28F3NO5/c1-17(2)36-24-6-3-18(12-23(24)27(28,29)30)15-34-22-5-4-21-11-19(16-35-25(21)13-22)14-31-9-7-20(8-10-31)26(32)33/h3-7,11-13,17H,8-10,14-16H2,1-2H3,(H,32,33). The molecule has 6 nitrogen and oxygen atoms in total. The smallest absolute Gasteiger partial charge is 0.419 e. The highest BCUT2D eigenvalue weighted by Gasteiger charge is 2.35. The first-order valence-electron chi connectivity index (χ1n) is 11.7. The SMILES string of the molecule is CC(C)Oc1ccc(COc2ccc3c(c2)OCC(CN2CC=C(C(=O)O)CC2)=C3)cc1C(F)(F)F. The maximum Gasteiger partial charge on any atom is 0.419 e. The van der Waals surface area contributed by atoms with Crippen LogP contribution < -0.4 is 14.2 Å². The zero-order valence-electron chi connectivity index (χ0n) is 20.1. The average molecular weight is 504 g/mol. The van der Waals surface area contributed by atoms with Crippen LogP contribution in [0.5, 0.6) is 17.2 Å². The molecule has 0 amide bonds. The Labute approximate surface area is 207 Å². The fraction of sp³-hybridized carbons (Fsp3) is 0.370. The Hall–Kier alpha value is -3.46. The minimum absolute atomic E-state index is 0.0360. The van der Waals surface area contributed by atoms with Crippen molar-refractivity contribution in [2.75, 3.05) is 26.2 Å². The Balaban J connectivity index is 1.39. The van der Waals surface area contributed by atoms with Gasteiger partial charge in [0.15, 0.2) is 0 Å². The first-order chi connectivity index (χ1) is 17.1. The van der Waals surface area contributed by atoms with Crippen LogP contribution in [0.4, 0.5) is 13.2 Å². The summed E-state index contributed by atoms with van der Waals surface area (Å²) in [5, 5.41) is 9.09. The molecule has 2 aromatic carbocycles. The van der Waals surface area contributed by atoms with Crippen molar-refractivity contribution >= 4 is 12.0 Å². The normalized spacial score (nSPS) is 16.1. The van der Waals surface area contributed by atoms with Crippen molar-refractivity contribution in [2.24, 2.45) is 0 Å². The van der Waals surface area contributed by atoms with E-state index < -0.39 is 17.7 Å². The number of carbonyl (C=O) groups is 1. The molecule has 0 bridgehead atoms. The van der Waals surface area contributed by atoms with Crippen molar-refractivity contribution in [1.82, 2.24) is 4.90 Å². The fourth-order valence-electron chi connectivity index (χ4n) is 4.12. The molecule has 2 heterocycles. The molecule has 0 spiro atoms. The lowest BCUT2D eigenvalue weighted by atomic mass is 10.0. The van der Waals surface area contributed by atoms with Crippen LogP contribution in [-0.4, -0.2) is 48.3 Å². The second-order valence-corrected chi connectivity index (χ2v) is 9.09. The zero-order chi connectivity index (χ0) is 25.9. The van der Waals surface area contributed by atoms with Crippen LogP contribution in [0.1, 0.15) is 37.0 Å². The van der Waals surface area contributed by atoms with Crippen LogP contribution in [0.3, 0.4) is 0 Å². The van der Waals surface area contributed by atoms with Crippen molar-refractivity contribution in [2.45, 2.75) is 39.2 Å². The molecule has 0 fully saturated rings. The second kappa shape index (κ2) is 10.7. The predicted octanol–water partition coefficient (Wildman–Crippen LogP) is 5.56. The van der Waals surface area contributed by atoms with Gasteiger partial charge in [-0.3, -0.25) is 4.90 Å². The maximum atomic E-state index is 13.5. The summed E-state index contributed by atoms with van der Waals surface area (Å²) in [6.07, 6.45) is -0.607. The Morgan fingerprint density at radius 3 is 2.67 bits per heavy atom. The first-order valence-corrected chi connectivity index (χ1v) is 11.7. The van der Waals surface area contributed by atoms with Gasteiger partial charge in [0, 0.05) is 36.8 Å². The molecule has 0 atom stereocenters. The van der Waals surface area contributed by atoms with Gasteiger partial charge in [0.2, 0.25) is 0 Å². The average Bonchev–Trinajstić information content (AvgIpc) is 2.82. The van der Waals surface area contributed by atoms with E-state index in [2.05, 4.69) is 4.90 Å². The molecular weight excluding hydrogens is 475 g/mol. The van der Waals surface area contributed by atoms with Crippen LogP contribution in [0, 0.1) is 0 Å². The van der Waals surface area contributed by atoms with Crippen LogP contribution in [0.2, 0.25) is 0 Å².